The average Bonchev–Trinajstić information content (AvgIpc) is 2.82. The number of likely N-dealkylation sites (tertiary alicyclic amines) is 1. The van der Waals surface area contributed by atoms with Gasteiger partial charge in [-0.15, -0.1) is 0 Å². The quantitative estimate of drug-likeness (QED) is 0.267. The summed E-state index contributed by atoms with van der Waals surface area (Å²) in [6, 6.07) is 4.99. The Balaban J connectivity index is 2.27. The fourth-order valence-electron chi connectivity index (χ4n) is 5.92. The molecule has 9 nitrogen and oxygen atoms in total. The van der Waals surface area contributed by atoms with E-state index in [2.05, 4.69) is 10.1 Å². The third-order valence-electron chi connectivity index (χ3n) is 8.17. The lowest BCUT2D eigenvalue weighted by molar-refractivity contribution is -0.153. The minimum atomic E-state index is -1.23. The highest BCUT2D eigenvalue weighted by Gasteiger charge is 2.59. The summed E-state index contributed by atoms with van der Waals surface area (Å²) in [6.45, 7) is 9.59. The van der Waals surface area contributed by atoms with E-state index in [1.807, 2.05) is 40.0 Å². The molecule has 188 valence electrons. The van der Waals surface area contributed by atoms with Gasteiger partial charge in [-0.1, -0.05) is 17.3 Å². The van der Waals surface area contributed by atoms with Gasteiger partial charge in [-0.25, -0.2) is 4.79 Å². The number of aliphatic hydroxyl groups is 1. The first-order valence-corrected chi connectivity index (χ1v) is 12.2. The van der Waals surface area contributed by atoms with E-state index in [4.69, 9.17) is 5.73 Å². The van der Waals surface area contributed by atoms with Crippen LogP contribution in [-0.2, 0) is 10.2 Å². The Bertz CT molecular complexity index is 967. The van der Waals surface area contributed by atoms with Gasteiger partial charge in [0, 0.05) is 43.1 Å². The molecule has 0 spiro atoms. The molecule has 9 heteroatoms. The zero-order valence-corrected chi connectivity index (χ0v) is 21.0. The van der Waals surface area contributed by atoms with Crippen LogP contribution in [0.15, 0.2) is 23.4 Å². The van der Waals surface area contributed by atoms with Crippen molar-refractivity contribution in [3.05, 3.63) is 34.9 Å². The first kappa shape index (κ1) is 26.0. The number of amidine groups is 1. The molecule has 3 rings (SSSR count). The molecule has 2 heterocycles. The average molecular weight is 474 g/mol. The van der Waals surface area contributed by atoms with Gasteiger partial charge < -0.3 is 25.8 Å². The van der Waals surface area contributed by atoms with Crippen molar-refractivity contribution >= 4 is 17.8 Å². The van der Waals surface area contributed by atoms with Crippen LogP contribution in [0, 0.1) is 6.92 Å². The molecular formula is C25H39N5O4. The minimum Gasteiger partial charge on any atom is -0.409 e. The molecule has 34 heavy (non-hydrogen) atoms. The number of piperidine rings is 1. The van der Waals surface area contributed by atoms with E-state index in [-0.39, 0.29) is 36.8 Å². The highest BCUT2D eigenvalue weighted by atomic mass is 16.4. The summed E-state index contributed by atoms with van der Waals surface area (Å²) < 4.78 is 0. The third-order valence-corrected chi connectivity index (χ3v) is 8.17. The number of hydrogen-bond acceptors (Lipinski definition) is 6. The molecule has 1 aromatic rings. The molecule has 0 aromatic heterocycles. The summed E-state index contributed by atoms with van der Waals surface area (Å²) >= 11 is 0. The van der Waals surface area contributed by atoms with Crippen molar-refractivity contribution in [3.63, 3.8) is 0 Å². The van der Waals surface area contributed by atoms with Crippen LogP contribution in [0.25, 0.3) is 0 Å². The topological polar surface area (TPSA) is 123 Å². The van der Waals surface area contributed by atoms with E-state index < -0.39 is 11.0 Å². The first-order chi connectivity index (χ1) is 16.1. The molecule has 4 N–H and O–H groups in total. The lowest BCUT2D eigenvalue weighted by Crippen LogP contribution is -2.68. The molecule has 3 atom stereocenters. The second-order valence-electron chi connectivity index (χ2n) is 9.71. The van der Waals surface area contributed by atoms with Crippen LogP contribution in [0.2, 0.25) is 0 Å². The summed E-state index contributed by atoms with van der Waals surface area (Å²) in [4.78, 5) is 32.1. The fraction of sp³-hybridized carbons (Fsp3) is 0.640. The molecule has 1 aromatic carbocycles. The number of imide groups is 1. The van der Waals surface area contributed by atoms with Gasteiger partial charge in [-0.3, -0.25) is 9.69 Å². The number of amides is 3. The van der Waals surface area contributed by atoms with Crippen LogP contribution < -0.4 is 5.73 Å². The van der Waals surface area contributed by atoms with Crippen LogP contribution in [0.5, 0.6) is 0 Å². The minimum absolute atomic E-state index is 0.000714. The van der Waals surface area contributed by atoms with Crippen LogP contribution in [0.4, 0.5) is 4.79 Å². The maximum Gasteiger partial charge on any atom is 0.326 e. The highest BCUT2D eigenvalue weighted by Crippen LogP contribution is 2.51. The number of carbonyl (C=O) groups is 2. The van der Waals surface area contributed by atoms with E-state index in [0.29, 0.717) is 44.5 Å². The van der Waals surface area contributed by atoms with Gasteiger partial charge in [0.25, 0.3) is 0 Å². The first-order valence-electron chi connectivity index (χ1n) is 12.2. The summed E-state index contributed by atoms with van der Waals surface area (Å²) in [5.41, 5.74) is 6.00. The molecule has 0 bridgehead atoms. The monoisotopic (exact) mass is 473 g/mol. The molecule has 0 saturated carbocycles. The Hall–Kier alpha value is -2.65. The van der Waals surface area contributed by atoms with E-state index >= 15 is 0 Å². The number of hydrogen-bond donors (Lipinski definition) is 3. The normalized spacial score (nSPS) is 29.8. The maximum absolute atomic E-state index is 13.8. The fourth-order valence-corrected chi connectivity index (χ4v) is 5.92. The summed E-state index contributed by atoms with van der Waals surface area (Å²) in [6.07, 6.45) is 1.59. The van der Waals surface area contributed by atoms with Crippen molar-refractivity contribution < 1.29 is 19.9 Å². The largest absolute Gasteiger partial charge is 0.409 e. The lowest BCUT2D eigenvalue weighted by Gasteiger charge is -2.58. The van der Waals surface area contributed by atoms with Crippen LogP contribution in [0.1, 0.15) is 63.1 Å². The number of benzene rings is 1. The number of fused-ring (bicyclic) bond motifs is 1. The van der Waals surface area contributed by atoms with E-state index in [1.165, 1.54) is 4.90 Å². The van der Waals surface area contributed by atoms with Crippen molar-refractivity contribution in [1.82, 2.24) is 14.7 Å². The molecule has 2 aliphatic rings. The van der Waals surface area contributed by atoms with Gasteiger partial charge in [-0.2, -0.15) is 0 Å². The summed E-state index contributed by atoms with van der Waals surface area (Å²) in [7, 11) is 1.99. The highest BCUT2D eigenvalue weighted by molar-refractivity contribution is 5.98. The number of nitrogens with two attached hydrogens (primary N) is 1. The second-order valence-corrected chi connectivity index (χ2v) is 9.71. The van der Waals surface area contributed by atoms with E-state index in [0.717, 1.165) is 11.1 Å². The van der Waals surface area contributed by atoms with Gasteiger partial charge in [0.2, 0.25) is 5.91 Å². The molecule has 0 unspecified atom stereocenters. The Labute approximate surface area is 202 Å². The van der Waals surface area contributed by atoms with E-state index in [1.54, 1.807) is 17.9 Å². The molecular weight excluding hydrogens is 434 g/mol. The smallest absolute Gasteiger partial charge is 0.326 e. The predicted octanol–water partition coefficient (Wildman–Crippen LogP) is 2.26. The number of likely N-dealkylation sites (N-methyl/N-ethyl adjacent to an activating group) is 1. The molecule has 2 aliphatic heterocycles. The lowest BCUT2D eigenvalue weighted by atomic mass is 9.56. The van der Waals surface area contributed by atoms with Crippen molar-refractivity contribution in [2.45, 2.75) is 70.4 Å². The number of rotatable bonds is 4. The number of urea groups is 1. The van der Waals surface area contributed by atoms with Crippen LogP contribution in [-0.4, -0.2) is 87.7 Å². The van der Waals surface area contributed by atoms with Gasteiger partial charge in [0.1, 0.15) is 0 Å². The van der Waals surface area contributed by atoms with Crippen molar-refractivity contribution in [1.29, 1.82) is 0 Å². The number of aryl methyl sites for hydroxylation is 1. The summed E-state index contributed by atoms with van der Waals surface area (Å²) in [5, 5.41) is 24.9. The van der Waals surface area contributed by atoms with Crippen molar-refractivity contribution in [3.8, 4) is 0 Å². The second kappa shape index (κ2) is 9.92. The van der Waals surface area contributed by atoms with Crippen molar-refractivity contribution in [2.75, 3.05) is 33.2 Å². The van der Waals surface area contributed by atoms with Crippen molar-refractivity contribution in [2.24, 2.45) is 10.9 Å². The van der Waals surface area contributed by atoms with Gasteiger partial charge in [0.05, 0.1) is 5.60 Å². The van der Waals surface area contributed by atoms with Crippen LogP contribution >= 0.6 is 0 Å². The van der Waals surface area contributed by atoms with Gasteiger partial charge in [0.15, 0.2) is 5.84 Å². The predicted molar refractivity (Wildman–Crippen MR) is 131 cm³/mol. The Morgan fingerprint density at radius 1 is 1.21 bits per heavy atom. The Kier molecular flexibility index (Phi) is 7.57. The molecule has 3 amide bonds. The maximum atomic E-state index is 13.8. The SMILES string of the molecule is CCN1CCC[C@@]2(O)[C@@H](C)N(C)CC[C@]2(c2cc(/C(N)=N\O)ccc2C)CC(=O)N(CC)C1=O. The van der Waals surface area contributed by atoms with Crippen LogP contribution in [0.3, 0.4) is 0 Å². The standard InChI is InChI=1S/C25H39N5O4/c1-6-29-13-8-11-25(33)18(4)28(5)14-12-24(25,16-21(31)30(7-2)23(29)32)20-15-19(22(26)27-34)10-9-17(20)3/h9-10,15,18,33-34H,6-8,11-14,16H2,1-5H3,(H2,26,27)/t18-,24-,25-/m1/s1. The molecule has 0 radical (unpaired) electrons. The third kappa shape index (κ3) is 4.15. The number of carbonyl (C=O) groups excluding carboxylic acids is 2. The molecule has 2 fully saturated rings. The number of nitrogens with zero attached hydrogens (tertiary/aromatic N) is 4. The summed E-state index contributed by atoms with van der Waals surface area (Å²) in [5.74, 6) is -0.325. The van der Waals surface area contributed by atoms with Gasteiger partial charge >= 0.3 is 6.03 Å². The van der Waals surface area contributed by atoms with Gasteiger partial charge in [-0.05, 0) is 77.7 Å². The zero-order chi connectivity index (χ0) is 25.3. The van der Waals surface area contributed by atoms with E-state index in [9.17, 15) is 19.9 Å². The molecule has 0 aliphatic carbocycles. The Morgan fingerprint density at radius 2 is 1.91 bits per heavy atom. The Morgan fingerprint density at radius 3 is 2.53 bits per heavy atom. The number of oxime groups is 1. The molecule has 2 saturated heterocycles. The zero-order valence-electron chi connectivity index (χ0n) is 21.0.